The molecule has 2 aromatic heterocycles. The fourth-order valence-electron chi connectivity index (χ4n) is 3.65. The highest BCUT2D eigenvalue weighted by molar-refractivity contribution is 5.94. The summed E-state index contributed by atoms with van der Waals surface area (Å²) in [5, 5.41) is 2.63. The molecule has 0 unspecified atom stereocenters. The van der Waals surface area contributed by atoms with E-state index in [1.165, 1.54) is 51.7 Å². The summed E-state index contributed by atoms with van der Waals surface area (Å²) >= 11 is 0. The van der Waals surface area contributed by atoms with E-state index in [0.717, 1.165) is 0 Å². The number of aryl methyl sites for hydroxylation is 2. The summed E-state index contributed by atoms with van der Waals surface area (Å²) in [5.74, 6) is 0.646. The number of fused-ring (bicyclic) bond motifs is 1. The van der Waals surface area contributed by atoms with Crippen LogP contribution in [0, 0.1) is 13.8 Å². The molecule has 0 atom stereocenters. The van der Waals surface area contributed by atoms with Gasteiger partial charge >= 0.3 is 0 Å². The SMILES string of the molecule is CCC(CC)c1ccc2c(-c3cnccc3C)[n+](C)c(C)cc2c1. The predicted molar refractivity (Wildman–Crippen MR) is 101 cm³/mol. The summed E-state index contributed by atoms with van der Waals surface area (Å²) in [5.41, 5.74) is 6.45. The van der Waals surface area contributed by atoms with Crippen molar-refractivity contribution in [1.82, 2.24) is 4.98 Å². The standard InChI is InChI=1S/C22H27N2/c1-6-17(7-2)18-8-9-20-19(13-18)12-16(4)24(5)22(20)21-14-23-11-10-15(21)3/h8-14,17H,6-7H2,1-5H3/q+1. The topological polar surface area (TPSA) is 16.8 Å². The lowest BCUT2D eigenvalue weighted by Crippen LogP contribution is -2.35. The Morgan fingerprint density at radius 1 is 1.04 bits per heavy atom. The minimum atomic E-state index is 0.646. The highest BCUT2D eigenvalue weighted by Crippen LogP contribution is 2.31. The first kappa shape index (κ1) is 16.6. The molecule has 0 amide bonds. The molecule has 0 saturated heterocycles. The van der Waals surface area contributed by atoms with E-state index in [1.54, 1.807) is 0 Å². The second-order valence-corrected chi connectivity index (χ2v) is 6.74. The summed E-state index contributed by atoms with van der Waals surface area (Å²) in [6.45, 7) is 8.89. The molecule has 3 rings (SSSR count). The Labute approximate surface area is 145 Å². The lowest BCUT2D eigenvalue weighted by molar-refractivity contribution is -0.665. The number of rotatable bonds is 4. The van der Waals surface area contributed by atoms with Crippen LogP contribution < -0.4 is 4.57 Å². The zero-order valence-electron chi connectivity index (χ0n) is 15.4. The van der Waals surface area contributed by atoms with Gasteiger partial charge in [0, 0.05) is 25.4 Å². The van der Waals surface area contributed by atoms with Gasteiger partial charge in [-0.3, -0.25) is 4.98 Å². The minimum Gasteiger partial charge on any atom is -0.264 e. The van der Waals surface area contributed by atoms with Gasteiger partial charge in [-0.05, 0) is 54.3 Å². The number of benzene rings is 1. The first-order valence-corrected chi connectivity index (χ1v) is 8.91. The van der Waals surface area contributed by atoms with E-state index in [-0.39, 0.29) is 0 Å². The smallest absolute Gasteiger partial charge is 0.222 e. The number of hydrogen-bond acceptors (Lipinski definition) is 1. The molecular formula is C22H27N2+. The van der Waals surface area contributed by atoms with Gasteiger partial charge in [0.15, 0.2) is 5.69 Å². The maximum atomic E-state index is 4.36. The molecule has 0 bridgehead atoms. The van der Waals surface area contributed by atoms with E-state index in [0.29, 0.717) is 5.92 Å². The van der Waals surface area contributed by atoms with Crippen molar-refractivity contribution in [2.75, 3.05) is 0 Å². The van der Waals surface area contributed by atoms with Gasteiger partial charge in [-0.25, -0.2) is 0 Å². The highest BCUT2D eigenvalue weighted by Gasteiger charge is 2.20. The van der Waals surface area contributed by atoms with Crippen LogP contribution in [0.25, 0.3) is 22.0 Å². The average molecular weight is 319 g/mol. The summed E-state index contributed by atoms with van der Waals surface area (Å²) in [6, 6.07) is 11.4. The fourth-order valence-corrected chi connectivity index (χ4v) is 3.65. The van der Waals surface area contributed by atoms with Crippen LogP contribution in [0.4, 0.5) is 0 Å². The van der Waals surface area contributed by atoms with Crippen LogP contribution in [0.3, 0.4) is 0 Å². The fraction of sp³-hybridized carbons (Fsp3) is 0.364. The first-order valence-electron chi connectivity index (χ1n) is 8.91. The van der Waals surface area contributed by atoms with Crippen molar-refractivity contribution in [3.05, 3.63) is 59.5 Å². The zero-order valence-corrected chi connectivity index (χ0v) is 15.4. The molecule has 0 spiro atoms. The second kappa shape index (κ2) is 6.72. The van der Waals surface area contributed by atoms with Crippen molar-refractivity contribution in [1.29, 1.82) is 0 Å². The summed E-state index contributed by atoms with van der Waals surface area (Å²) < 4.78 is 2.28. The molecule has 0 radical (unpaired) electrons. The molecule has 0 fully saturated rings. The zero-order chi connectivity index (χ0) is 17.3. The van der Waals surface area contributed by atoms with Gasteiger partial charge in [0.1, 0.15) is 7.05 Å². The van der Waals surface area contributed by atoms with E-state index in [4.69, 9.17) is 0 Å². The van der Waals surface area contributed by atoms with Crippen LogP contribution in [0.5, 0.6) is 0 Å². The van der Waals surface area contributed by atoms with E-state index in [1.807, 2.05) is 12.4 Å². The molecule has 2 nitrogen and oxygen atoms in total. The molecule has 124 valence electrons. The van der Waals surface area contributed by atoms with Crippen LogP contribution in [0.1, 0.15) is 49.4 Å². The largest absolute Gasteiger partial charge is 0.264 e. The van der Waals surface area contributed by atoms with E-state index in [2.05, 4.69) is 74.6 Å². The van der Waals surface area contributed by atoms with Gasteiger partial charge in [-0.1, -0.05) is 26.0 Å². The predicted octanol–water partition coefficient (Wildman–Crippen LogP) is 5.25. The molecule has 2 heteroatoms. The second-order valence-electron chi connectivity index (χ2n) is 6.74. The Morgan fingerprint density at radius 3 is 2.46 bits per heavy atom. The Kier molecular flexibility index (Phi) is 4.66. The number of aromatic nitrogens is 2. The summed E-state index contributed by atoms with van der Waals surface area (Å²) in [7, 11) is 2.14. The normalized spacial score (nSPS) is 11.4. The van der Waals surface area contributed by atoms with Crippen LogP contribution in [0.15, 0.2) is 42.7 Å². The maximum absolute atomic E-state index is 4.36. The third kappa shape index (κ3) is 2.82. The van der Waals surface area contributed by atoms with Crippen molar-refractivity contribution in [3.8, 4) is 11.3 Å². The molecule has 3 aromatic rings. The monoisotopic (exact) mass is 319 g/mol. The van der Waals surface area contributed by atoms with Crippen LogP contribution in [-0.4, -0.2) is 4.98 Å². The van der Waals surface area contributed by atoms with E-state index in [9.17, 15) is 0 Å². The molecule has 1 aromatic carbocycles. The summed E-state index contributed by atoms with van der Waals surface area (Å²) in [6.07, 6.45) is 6.23. The minimum absolute atomic E-state index is 0.646. The molecule has 2 heterocycles. The van der Waals surface area contributed by atoms with Crippen molar-refractivity contribution in [2.45, 2.75) is 46.5 Å². The molecular weight excluding hydrogens is 292 g/mol. The van der Waals surface area contributed by atoms with Crippen molar-refractivity contribution in [3.63, 3.8) is 0 Å². The Morgan fingerprint density at radius 2 is 1.79 bits per heavy atom. The summed E-state index contributed by atoms with van der Waals surface area (Å²) in [4.78, 5) is 4.36. The molecule has 0 aliphatic heterocycles. The van der Waals surface area contributed by atoms with Gasteiger partial charge in [0.25, 0.3) is 0 Å². The van der Waals surface area contributed by atoms with Crippen LogP contribution in [-0.2, 0) is 7.05 Å². The molecule has 0 aliphatic carbocycles. The van der Waals surface area contributed by atoms with Gasteiger partial charge in [-0.15, -0.1) is 0 Å². The molecule has 0 N–H and O–H groups in total. The van der Waals surface area contributed by atoms with Crippen molar-refractivity contribution >= 4 is 10.8 Å². The van der Waals surface area contributed by atoms with Gasteiger partial charge in [0.2, 0.25) is 5.69 Å². The van der Waals surface area contributed by atoms with Crippen LogP contribution in [0.2, 0.25) is 0 Å². The van der Waals surface area contributed by atoms with Gasteiger partial charge in [-0.2, -0.15) is 4.57 Å². The van der Waals surface area contributed by atoms with E-state index >= 15 is 0 Å². The van der Waals surface area contributed by atoms with Gasteiger partial charge < -0.3 is 0 Å². The first-order chi connectivity index (χ1) is 11.6. The molecule has 0 aliphatic rings. The molecule has 24 heavy (non-hydrogen) atoms. The number of nitrogens with zero attached hydrogens (tertiary/aromatic N) is 2. The maximum Gasteiger partial charge on any atom is 0.222 e. The lowest BCUT2D eigenvalue weighted by Gasteiger charge is -2.15. The van der Waals surface area contributed by atoms with E-state index < -0.39 is 0 Å². The average Bonchev–Trinajstić information content (AvgIpc) is 2.58. The third-order valence-corrected chi connectivity index (χ3v) is 5.31. The van der Waals surface area contributed by atoms with Crippen LogP contribution >= 0.6 is 0 Å². The number of pyridine rings is 2. The Bertz CT molecular complexity index is 877. The quantitative estimate of drug-likeness (QED) is 0.600. The highest BCUT2D eigenvalue weighted by atomic mass is 14.9. The third-order valence-electron chi connectivity index (χ3n) is 5.31. The van der Waals surface area contributed by atoms with Crippen molar-refractivity contribution < 1.29 is 4.57 Å². The lowest BCUT2D eigenvalue weighted by atomic mass is 9.91. The molecule has 0 saturated carbocycles. The Hall–Kier alpha value is -2.22. The Balaban J connectivity index is 2.30. The van der Waals surface area contributed by atoms with Crippen molar-refractivity contribution in [2.24, 2.45) is 7.05 Å². The van der Waals surface area contributed by atoms with Gasteiger partial charge in [0.05, 0.1) is 10.9 Å². The number of hydrogen-bond donors (Lipinski definition) is 0.